The molecule has 0 spiro atoms. The maximum atomic E-state index is 9.46. The number of hydrogen-bond acceptors (Lipinski definition) is 2. The van der Waals surface area contributed by atoms with Gasteiger partial charge in [0.2, 0.25) is 0 Å². The lowest BCUT2D eigenvalue weighted by Crippen LogP contribution is -2.32. The number of nitrogens with zero attached hydrogens (tertiary/aromatic N) is 1. The van der Waals surface area contributed by atoms with E-state index in [1.54, 1.807) is 0 Å². The molecular weight excluding hydrogens is 150 g/mol. The van der Waals surface area contributed by atoms with Gasteiger partial charge in [-0.15, -0.1) is 0 Å². The van der Waals surface area contributed by atoms with Gasteiger partial charge >= 0.3 is 0 Å². The van der Waals surface area contributed by atoms with E-state index >= 15 is 0 Å². The lowest BCUT2D eigenvalue weighted by atomic mass is 10.2. The van der Waals surface area contributed by atoms with Crippen LogP contribution in [0.2, 0.25) is 0 Å². The van der Waals surface area contributed by atoms with Crippen molar-refractivity contribution in [1.29, 1.82) is 0 Å². The van der Waals surface area contributed by atoms with E-state index in [0.29, 0.717) is 0 Å². The van der Waals surface area contributed by atoms with Crippen molar-refractivity contribution in [3.63, 3.8) is 0 Å². The Morgan fingerprint density at radius 2 is 1.75 bits per heavy atom. The summed E-state index contributed by atoms with van der Waals surface area (Å²) >= 11 is 0. The molecule has 1 heterocycles. The van der Waals surface area contributed by atoms with Crippen LogP contribution in [0.4, 0.5) is 0 Å². The number of hydrogen-bond donors (Lipinski definition) is 1. The van der Waals surface area contributed by atoms with Gasteiger partial charge in [0.25, 0.3) is 0 Å². The van der Waals surface area contributed by atoms with Crippen molar-refractivity contribution in [2.75, 3.05) is 19.6 Å². The zero-order valence-corrected chi connectivity index (χ0v) is 8.13. The molecule has 1 N–H and O–H groups in total. The molecule has 1 rings (SSSR count). The highest BCUT2D eigenvalue weighted by atomic mass is 16.3. The third-order valence-corrected chi connectivity index (χ3v) is 2.64. The Bertz CT molecular complexity index is 108. The van der Waals surface area contributed by atoms with Crippen LogP contribution < -0.4 is 0 Å². The van der Waals surface area contributed by atoms with Crippen LogP contribution in [0.1, 0.15) is 39.0 Å². The van der Waals surface area contributed by atoms with Crippen LogP contribution in [0.15, 0.2) is 0 Å². The fraction of sp³-hybridized carbons (Fsp3) is 1.00. The molecule has 1 atom stereocenters. The fourth-order valence-corrected chi connectivity index (χ4v) is 1.75. The van der Waals surface area contributed by atoms with Crippen molar-refractivity contribution >= 4 is 0 Å². The molecule has 0 aliphatic carbocycles. The lowest BCUT2D eigenvalue weighted by Gasteiger charge is -2.22. The highest BCUT2D eigenvalue weighted by molar-refractivity contribution is 4.66. The van der Waals surface area contributed by atoms with E-state index in [2.05, 4.69) is 4.90 Å². The SMILES string of the molecule is CCC(O)CN1CCCCCC1. The first kappa shape index (κ1) is 10.0. The van der Waals surface area contributed by atoms with Crippen molar-refractivity contribution in [1.82, 2.24) is 4.90 Å². The summed E-state index contributed by atoms with van der Waals surface area (Å²) in [5, 5.41) is 9.46. The highest BCUT2D eigenvalue weighted by Crippen LogP contribution is 2.10. The van der Waals surface area contributed by atoms with Gasteiger partial charge in [-0.1, -0.05) is 19.8 Å². The molecule has 12 heavy (non-hydrogen) atoms. The van der Waals surface area contributed by atoms with Gasteiger partial charge in [-0.2, -0.15) is 0 Å². The number of aliphatic hydroxyl groups is 1. The molecule has 1 aliphatic rings. The maximum Gasteiger partial charge on any atom is 0.0664 e. The number of aliphatic hydroxyl groups excluding tert-OH is 1. The predicted octanol–water partition coefficient (Wildman–Crippen LogP) is 1.63. The normalized spacial score (nSPS) is 23.5. The molecule has 0 aromatic heterocycles. The van der Waals surface area contributed by atoms with E-state index in [1.807, 2.05) is 6.92 Å². The van der Waals surface area contributed by atoms with E-state index in [9.17, 15) is 5.11 Å². The van der Waals surface area contributed by atoms with Gasteiger partial charge in [0, 0.05) is 6.54 Å². The summed E-state index contributed by atoms with van der Waals surface area (Å²) in [4.78, 5) is 2.40. The third kappa shape index (κ3) is 3.55. The summed E-state index contributed by atoms with van der Waals surface area (Å²) in [6.07, 6.45) is 6.16. The minimum atomic E-state index is -0.108. The zero-order chi connectivity index (χ0) is 8.81. The number of likely N-dealkylation sites (tertiary alicyclic amines) is 1. The molecule has 1 saturated heterocycles. The second-order valence-corrected chi connectivity index (χ2v) is 3.78. The smallest absolute Gasteiger partial charge is 0.0664 e. The molecule has 72 valence electrons. The van der Waals surface area contributed by atoms with Gasteiger partial charge < -0.3 is 10.0 Å². The zero-order valence-electron chi connectivity index (χ0n) is 8.13. The Labute approximate surface area is 75.6 Å². The summed E-state index contributed by atoms with van der Waals surface area (Å²) in [5.74, 6) is 0. The van der Waals surface area contributed by atoms with Crippen LogP contribution in [0, 0.1) is 0 Å². The van der Waals surface area contributed by atoms with Crippen LogP contribution in [0.25, 0.3) is 0 Å². The van der Waals surface area contributed by atoms with Crippen LogP contribution in [0.3, 0.4) is 0 Å². The first-order valence-electron chi connectivity index (χ1n) is 5.23. The van der Waals surface area contributed by atoms with Crippen LogP contribution >= 0.6 is 0 Å². The van der Waals surface area contributed by atoms with Crippen LogP contribution in [-0.2, 0) is 0 Å². The Morgan fingerprint density at radius 3 is 2.25 bits per heavy atom. The maximum absolute atomic E-state index is 9.46. The second kappa shape index (κ2) is 5.55. The van der Waals surface area contributed by atoms with Gasteiger partial charge in [0.1, 0.15) is 0 Å². The number of β-amino-alcohol motifs (C(OH)–C–C–N with tert-alkyl or cyclic N) is 1. The van der Waals surface area contributed by atoms with Crippen molar-refractivity contribution in [2.45, 2.75) is 45.1 Å². The largest absolute Gasteiger partial charge is 0.392 e. The molecular formula is C10H21NO. The molecule has 0 aromatic carbocycles. The Kier molecular flexibility index (Phi) is 4.62. The fourth-order valence-electron chi connectivity index (χ4n) is 1.75. The molecule has 0 amide bonds. The quantitative estimate of drug-likeness (QED) is 0.697. The summed E-state index contributed by atoms with van der Waals surface area (Å²) in [6.45, 7) is 5.31. The van der Waals surface area contributed by atoms with E-state index in [0.717, 1.165) is 13.0 Å². The summed E-state index contributed by atoms with van der Waals surface area (Å²) in [6, 6.07) is 0. The molecule has 1 unspecified atom stereocenters. The van der Waals surface area contributed by atoms with Crippen LogP contribution in [0.5, 0.6) is 0 Å². The minimum absolute atomic E-state index is 0.108. The van der Waals surface area contributed by atoms with Crippen molar-refractivity contribution in [3.8, 4) is 0 Å². The monoisotopic (exact) mass is 171 g/mol. The number of rotatable bonds is 3. The molecule has 1 fully saturated rings. The van der Waals surface area contributed by atoms with E-state index < -0.39 is 0 Å². The van der Waals surface area contributed by atoms with E-state index in [4.69, 9.17) is 0 Å². The molecule has 0 aromatic rings. The molecule has 0 saturated carbocycles. The van der Waals surface area contributed by atoms with E-state index in [1.165, 1.54) is 38.8 Å². The molecule has 0 radical (unpaired) electrons. The average Bonchev–Trinajstić information content (AvgIpc) is 2.33. The van der Waals surface area contributed by atoms with E-state index in [-0.39, 0.29) is 6.10 Å². The first-order chi connectivity index (χ1) is 5.83. The van der Waals surface area contributed by atoms with Gasteiger partial charge in [-0.3, -0.25) is 0 Å². The van der Waals surface area contributed by atoms with Crippen LogP contribution in [-0.4, -0.2) is 35.7 Å². The molecule has 2 nitrogen and oxygen atoms in total. The van der Waals surface area contributed by atoms with Crippen molar-refractivity contribution in [3.05, 3.63) is 0 Å². The van der Waals surface area contributed by atoms with Gasteiger partial charge in [0.15, 0.2) is 0 Å². The Balaban J connectivity index is 2.20. The second-order valence-electron chi connectivity index (χ2n) is 3.78. The highest BCUT2D eigenvalue weighted by Gasteiger charge is 2.11. The average molecular weight is 171 g/mol. The van der Waals surface area contributed by atoms with Gasteiger partial charge in [-0.25, -0.2) is 0 Å². The summed E-state index contributed by atoms with van der Waals surface area (Å²) < 4.78 is 0. The summed E-state index contributed by atoms with van der Waals surface area (Å²) in [7, 11) is 0. The predicted molar refractivity (Wildman–Crippen MR) is 51.2 cm³/mol. The molecule has 2 heteroatoms. The van der Waals surface area contributed by atoms with Crippen molar-refractivity contribution < 1.29 is 5.11 Å². The van der Waals surface area contributed by atoms with Gasteiger partial charge in [0.05, 0.1) is 6.10 Å². The standard InChI is InChI=1S/C10H21NO/c1-2-10(12)9-11-7-5-3-4-6-8-11/h10,12H,2-9H2,1H3. The lowest BCUT2D eigenvalue weighted by molar-refractivity contribution is 0.111. The minimum Gasteiger partial charge on any atom is -0.392 e. The first-order valence-corrected chi connectivity index (χ1v) is 5.23. The van der Waals surface area contributed by atoms with Gasteiger partial charge in [-0.05, 0) is 32.4 Å². The topological polar surface area (TPSA) is 23.5 Å². The Hall–Kier alpha value is -0.0800. The van der Waals surface area contributed by atoms with Crippen molar-refractivity contribution in [2.24, 2.45) is 0 Å². The Morgan fingerprint density at radius 1 is 1.17 bits per heavy atom. The third-order valence-electron chi connectivity index (χ3n) is 2.64. The molecule has 1 aliphatic heterocycles. The molecule has 0 bridgehead atoms. The summed E-state index contributed by atoms with van der Waals surface area (Å²) in [5.41, 5.74) is 0.